The molecular formula is C21H24N4O5S2. The van der Waals surface area contributed by atoms with Crippen molar-refractivity contribution >= 4 is 32.4 Å². The Labute approximate surface area is 191 Å². The van der Waals surface area contributed by atoms with Crippen LogP contribution in [0.2, 0.25) is 0 Å². The van der Waals surface area contributed by atoms with Gasteiger partial charge in [-0.3, -0.25) is 4.79 Å². The summed E-state index contributed by atoms with van der Waals surface area (Å²) in [4.78, 5) is 12.6. The van der Waals surface area contributed by atoms with Gasteiger partial charge in [-0.05, 0) is 54.4 Å². The molecule has 0 radical (unpaired) electrons. The predicted molar refractivity (Wildman–Crippen MR) is 123 cm³/mol. The van der Waals surface area contributed by atoms with E-state index in [0.29, 0.717) is 27.9 Å². The minimum atomic E-state index is -3.59. The topological polar surface area (TPSA) is 111 Å². The Kier molecular flexibility index (Phi) is 7.44. The molecule has 9 nitrogen and oxygen atoms in total. The largest absolute Gasteiger partial charge is 0.497 e. The molecule has 0 bridgehead atoms. The Morgan fingerprint density at radius 2 is 1.78 bits per heavy atom. The summed E-state index contributed by atoms with van der Waals surface area (Å²) in [6, 6.07) is 12.0. The zero-order chi connectivity index (χ0) is 23.3. The number of hydrogen-bond donors (Lipinski definition) is 1. The smallest absolute Gasteiger partial charge is 0.242 e. The molecule has 11 heteroatoms. The number of amides is 1. The molecule has 1 aromatic heterocycles. The van der Waals surface area contributed by atoms with E-state index in [1.165, 1.54) is 44.7 Å². The summed E-state index contributed by atoms with van der Waals surface area (Å²) in [5.41, 5.74) is 1.49. The van der Waals surface area contributed by atoms with Gasteiger partial charge in [0.15, 0.2) is 0 Å². The summed E-state index contributed by atoms with van der Waals surface area (Å²) in [6.45, 7) is 0. The molecular weight excluding hydrogens is 452 g/mol. The molecule has 1 N–H and O–H groups in total. The van der Waals surface area contributed by atoms with Crippen LogP contribution < -0.4 is 14.8 Å². The highest BCUT2D eigenvalue weighted by Gasteiger charge is 2.19. The highest BCUT2D eigenvalue weighted by atomic mass is 32.2. The Hall–Kier alpha value is -3.02. The van der Waals surface area contributed by atoms with Crippen LogP contribution in [-0.4, -0.2) is 57.1 Å². The first-order chi connectivity index (χ1) is 15.2. The number of sulfonamides is 1. The number of nitrogens with zero attached hydrogens (tertiary/aromatic N) is 3. The SMILES string of the molecule is COc1ccc(-c2nnc(NC(=O)CCc3cc(S(=O)(=O)N(C)C)ccc3OC)s2)cc1. The average Bonchev–Trinajstić information content (AvgIpc) is 3.25. The zero-order valence-corrected chi connectivity index (χ0v) is 19.8. The highest BCUT2D eigenvalue weighted by molar-refractivity contribution is 7.89. The van der Waals surface area contributed by atoms with Gasteiger partial charge >= 0.3 is 0 Å². The number of aromatic nitrogens is 2. The van der Waals surface area contributed by atoms with Gasteiger partial charge in [0.1, 0.15) is 16.5 Å². The summed E-state index contributed by atoms with van der Waals surface area (Å²) in [6.07, 6.45) is 0.426. The third-order valence-electron chi connectivity index (χ3n) is 4.66. The molecule has 0 spiro atoms. The van der Waals surface area contributed by atoms with E-state index in [1.807, 2.05) is 24.3 Å². The maximum Gasteiger partial charge on any atom is 0.242 e. The molecule has 1 amide bonds. The Balaban J connectivity index is 1.67. The van der Waals surface area contributed by atoms with Crippen LogP contribution in [0.5, 0.6) is 11.5 Å². The second kappa shape index (κ2) is 10.1. The van der Waals surface area contributed by atoms with Crippen molar-refractivity contribution in [2.45, 2.75) is 17.7 Å². The second-order valence-electron chi connectivity index (χ2n) is 6.95. The van der Waals surface area contributed by atoms with Gasteiger partial charge in [0.25, 0.3) is 0 Å². The first-order valence-corrected chi connectivity index (χ1v) is 11.9. The molecule has 1 heterocycles. The average molecular weight is 477 g/mol. The van der Waals surface area contributed by atoms with E-state index in [9.17, 15) is 13.2 Å². The van der Waals surface area contributed by atoms with Crippen molar-refractivity contribution in [1.29, 1.82) is 0 Å². The van der Waals surface area contributed by atoms with Crippen molar-refractivity contribution in [2.24, 2.45) is 0 Å². The summed E-state index contributed by atoms with van der Waals surface area (Å²) >= 11 is 1.26. The Morgan fingerprint density at radius 1 is 1.06 bits per heavy atom. The number of nitrogens with one attached hydrogen (secondary N) is 1. The van der Waals surface area contributed by atoms with E-state index in [4.69, 9.17) is 9.47 Å². The van der Waals surface area contributed by atoms with Gasteiger partial charge < -0.3 is 14.8 Å². The van der Waals surface area contributed by atoms with E-state index in [0.717, 1.165) is 15.6 Å². The molecule has 0 aliphatic heterocycles. The molecule has 0 atom stereocenters. The lowest BCUT2D eigenvalue weighted by molar-refractivity contribution is -0.116. The molecule has 0 unspecified atom stereocenters. The number of aryl methyl sites for hydroxylation is 1. The number of carbonyl (C=O) groups is 1. The highest BCUT2D eigenvalue weighted by Crippen LogP contribution is 2.28. The van der Waals surface area contributed by atoms with Crippen LogP contribution in [0.25, 0.3) is 10.6 Å². The van der Waals surface area contributed by atoms with Crippen LogP contribution in [-0.2, 0) is 21.2 Å². The summed E-state index contributed by atoms with van der Waals surface area (Å²) in [5.74, 6) is 1.00. The van der Waals surface area contributed by atoms with Gasteiger partial charge in [0.05, 0.1) is 19.1 Å². The third kappa shape index (κ3) is 5.42. The number of rotatable bonds is 9. The Morgan fingerprint density at radius 3 is 2.41 bits per heavy atom. The van der Waals surface area contributed by atoms with Crippen molar-refractivity contribution in [3.8, 4) is 22.1 Å². The lowest BCUT2D eigenvalue weighted by Gasteiger charge is -2.14. The maximum atomic E-state index is 12.4. The molecule has 32 heavy (non-hydrogen) atoms. The number of carbonyl (C=O) groups excluding carboxylic acids is 1. The van der Waals surface area contributed by atoms with Crippen LogP contribution in [0.4, 0.5) is 5.13 Å². The Bertz CT molecular complexity index is 1190. The van der Waals surface area contributed by atoms with Gasteiger partial charge in [-0.1, -0.05) is 11.3 Å². The lowest BCUT2D eigenvalue weighted by atomic mass is 10.1. The molecule has 3 rings (SSSR count). The monoisotopic (exact) mass is 476 g/mol. The van der Waals surface area contributed by atoms with Gasteiger partial charge in [-0.2, -0.15) is 0 Å². The van der Waals surface area contributed by atoms with E-state index < -0.39 is 10.0 Å². The fraction of sp³-hybridized carbons (Fsp3) is 0.286. The van der Waals surface area contributed by atoms with Gasteiger partial charge in [-0.15, -0.1) is 10.2 Å². The number of hydrogen-bond acceptors (Lipinski definition) is 8. The van der Waals surface area contributed by atoms with Crippen LogP contribution in [0.1, 0.15) is 12.0 Å². The minimum absolute atomic E-state index is 0.124. The number of methoxy groups -OCH3 is 2. The van der Waals surface area contributed by atoms with Gasteiger partial charge in [-0.25, -0.2) is 12.7 Å². The van der Waals surface area contributed by atoms with Gasteiger partial charge in [0, 0.05) is 26.1 Å². The first-order valence-electron chi connectivity index (χ1n) is 9.62. The van der Waals surface area contributed by atoms with E-state index in [1.54, 1.807) is 13.2 Å². The van der Waals surface area contributed by atoms with Crippen molar-refractivity contribution in [1.82, 2.24) is 14.5 Å². The van der Waals surface area contributed by atoms with E-state index >= 15 is 0 Å². The fourth-order valence-electron chi connectivity index (χ4n) is 2.88. The van der Waals surface area contributed by atoms with Crippen molar-refractivity contribution < 1.29 is 22.7 Å². The summed E-state index contributed by atoms with van der Waals surface area (Å²) < 4.78 is 36.4. The normalized spacial score (nSPS) is 11.4. The van der Waals surface area contributed by atoms with E-state index in [-0.39, 0.29) is 17.2 Å². The fourth-order valence-corrected chi connectivity index (χ4v) is 4.59. The number of benzene rings is 2. The minimum Gasteiger partial charge on any atom is -0.497 e. The third-order valence-corrected chi connectivity index (χ3v) is 7.36. The number of anilines is 1. The molecule has 0 aliphatic carbocycles. The molecule has 0 saturated carbocycles. The first kappa shape index (κ1) is 23.6. The summed E-state index contributed by atoms with van der Waals surface area (Å²) in [7, 11) is 2.45. The standard InChI is InChI=1S/C21H24N4O5S2/c1-25(2)32(27,28)17-10-11-18(30-4)15(13-17)7-12-19(26)22-21-24-23-20(31-21)14-5-8-16(29-3)9-6-14/h5-6,8-11,13H,7,12H2,1-4H3,(H,22,24,26). The van der Waals surface area contributed by atoms with Crippen LogP contribution in [0.3, 0.4) is 0 Å². The van der Waals surface area contributed by atoms with Crippen LogP contribution >= 0.6 is 11.3 Å². The van der Waals surface area contributed by atoms with Crippen molar-refractivity contribution in [3.05, 3.63) is 48.0 Å². The van der Waals surface area contributed by atoms with Crippen LogP contribution in [0, 0.1) is 0 Å². The predicted octanol–water partition coefficient (Wildman–Crippen LogP) is 3.04. The molecule has 3 aromatic rings. The van der Waals surface area contributed by atoms with Crippen molar-refractivity contribution in [2.75, 3.05) is 33.6 Å². The molecule has 0 aliphatic rings. The maximum absolute atomic E-state index is 12.4. The lowest BCUT2D eigenvalue weighted by Crippen LogP contribution is -2.22. The second-order valence-corrected chi connectivity index (χ2v) is 10.1. The molecule has 170 valence electrons. The quantitative estimate of drug-likeness (QED) is 0.505. The molecule has 0 fully saturated rings. The molecule has 0 saturated heterocycles. The number of ether oxygens (including phenoxy) is 2. The molecule has 2 aromatic carbocycles. The van der Waals surface area contributed by atoms with Crippen LogP contribution in [0.15, 0.2) is 47.4 Å². The summed E-state index contributed by atoms with van der Waals surface area (Å²) in [5, 5.41) is 11.9. The van der Waals surface area contributed by atoms with Gasteiger partial charge in [0.2, 0.25) is 21.1 Å². The van der Waals surface area contributed by atoms with Crippen molar-refractivity contribution in [3.63, 3.8) is 0 Å². The zero-order valence-electron chi connectivity index (χ0n) is 18.2. The van der Waals surface area contributed by atoms with E-state index in [2.05, 4.69) is 15.5 Å².